The van der Waals surface area contributed by atoms with Gasteiger partial charge in [0.1, 0.15) is 0 Å². The van der Waals surface area contributed by atoms with Crippen molar-refractivity contribution in [3.05, 3.63) is 0 Å². The van der Waals surface area contributed by atoms with E-state index < -0.39 is 0 Å². The molecule has 1 saturated carbocycles. The summed E-state index contributed by atoms with van der Waals surface area (Å²) in [7, 11) is 0. The van der Waals surface area contributed by atoms with E-state index >= 15 is 0 Å². The Kier molecular flexibility index (Phi) is 1.66. The number of ether oxygens (including phenoxy) is 1. The van der Waals surface area contributed by atoms with Crippen LogP contribution < -0.4 is 0 Å². The maximum Gasteiger partial charge on any atom is 0.0936 e. The molecule has 2 saturated heterocycles. The van der Waals surface area contributed by atoms with Gasteiger partial charge in [-0.3, -0.25) is 4.90 Å². The molecule has 0 bridgehead atoms. The number of likely N-dealkylation sites (tertiary alicyclic amines) is 1. The van der Waals surface area contributed by atoms with Gasteiger partial charge in [-0.15, -0.1) is 0 Å². The van der Waals surface area contributed by atoms with Gasteiger partial charge in [0.15, 0.2) is 0 Å². The van der Waals surface area contributed by atoms with E-state index in [1.54, 1.807) is 0 Å². The number of hydrogen-bond donors (Lipinski definition) is 0. The second kappa shape index (κ2) is 2.71. The third-order valence-electron chi connectivity index (χ3n) is 3.72. The number of fused-ring (bicyclic) bond motifs is 1. The Hall–Kier alpha value is -0.0800. The Morgan fingerprint density at radius 3 is 3.00 bits per heavy atom. The van der Waals surface area contributed by atoms with Gasteiger partial charge in [0, 0.05) is 12.6 Å². The van der Waals surface area contributed by atoms with Gasteiger partial charge >= 0.3 is 0 Å². The molecule has 2 aliphatic heterocycles. The number of epoxide rings is 1. The van der Waals surface area contributed by atoms with Crippen molar-refractivity contribution >= 4 is 0 Å². The number of nitrogens with zero attached hydrogens (tertiary/aromatic N) is 1. The maximum atomic E-state index is 5.28. The van der Waals surface area contributed by atoms with Crippen LogP contribution in [-0.2, 0) is 4.74 Å². The van der Waals surface area contributed by atoms with Crippen LogP contribution >= 0.6 is 0 Å². The van der Waals surface area contributed by atoms with Crippen LogP contribution in [0, 0.1) is 5.92 Å². The zero-order valence-electron chi connectivity index (χ0n) is 7.54. The van der Waals surface area contributed by atoms with E-state index in [9.17, 15) is 0 Å². The zero-order valence-corrected chi connectivity index (χ0v) is 7.54. The van der Waals surface area contributed by atoms with E-state index in [0.29, 0.717) is 6.10 Å². The van der Waals surface area contributed by atoms with Gasteiger partial charge < -0.3 is 4.74 Å². The molecule has 3 fully saturated rings. The van der Waals surface area contributed by atoms with Crippen molar-refractivity contribution in [1.82, 2.24) is 4.90 Å². The van der Waals surface area contributed by atoms with Crippen LogP contribution in [0.3, 0.4) is 0 Å². The first-order valence-corrected chi connectivity index (χ1v) is 5.29. The Morgan fingerprint density at radius 1 is 1.25 bits per heavy atom. The van der Waals surface area contributed by atoms with Crippen LogP contribution in [0.15, 0.2) is 0 Å². The molecule has 2 heterocycles. The highest BCUT2D eigenvalue weighted by molar-refractivity contribution is 4.93. The molecule has 1 aliphatic carbocycles. The highest BCUT2D eigenvalue weighted by Gasteiger charge is 2.39. The lowest BCUT2D eigenvalue weighted by atomic mass is 10.0. The predicted molar refractivity (Wildman–Crippen MR) is 47.1 cm³/mol. The fraction of sp³-hybridized carbons (Fsp3) is 1.00. The topological polar surface area (TPSA) is 15.8 Å². The maximum absolute atomic E-state index is 5.28. The Labute approximate surface area is 73.9 Å². The van der Waals surface area contributed by atoms with Crippen molar-refractivity contribution < 1.29 is 4.74 Å². The molecule has 0 radical (unpaired) electrons. The summed E-state index contributed by atoms with van der Waals surface area (Å²) in [5, 5.41) is 0. The van der Waals surface area contributed by atoms with Crippen LogP contribution in [0.4, 0.5) is 0 Å². The van der Waals surface area contributed by atoms with Crippen molar-refractivity contribution in [2.24, 2.45) is 5.92 Å². The summed E-state index contributed by atoms with van der Waals surface area (Å²) in [5.41, 5.74) is 0. The summed E-state index contributed by atoms with van der Waals surface area (Å²) in [6.07, 6.45) is 6.48. The molecule has 2 unspecified atom stereocenters. The van der Waals surface area contributed by atoms with Gasteiger partial charge in [-0.05, 0) is 31.7 Å². The van der Waals surface area contributed by atoms with E-state index in [2.05, 4.69) is 4.90 Å². The van der Waals surface area contributed by atoms with E-state index in [4.69, 9.17) is 4.74 Å². The fourth-order valence-electron chi connectivity index (χ4n) is 2.99. The predicted octanol–water partition coefficient (Wildman–Crippen LogP) is 1.26. The highest BCUT2D eigenvalue weighted by Crippen LogP contribution is 2.38. The fourth-order valence-corrected chi connectivity index (χ4v) is 2.99. The summed E-state index contributed by atoms with van der Waals surface area (Å²) >= 11 is 0. The highest BCUT2D eigenvalue weighted by atomic mass is 16.6. The lowest BCUT2D eigenvalue weighted by Gasteiger charge is -2.22. The molecule has 0 aromatic carbocycles. The number of rotatable bonds is 2. The third-order valence-corrected chi connectivity index (χ3v) is 3.72. The van der Waals surface area contributed by atoms with E-state index in [1.807, 2.05) is 0 Å². The summed E-state index contributed by atoms with van der Waals surface area (Å²) in [6.45, 7) is 3.59. The van der Waals surface area contributed by atoms with Gasteiger partial charge in [-0.25, -0.2) is 0 Å². The first-order chi connectivity index (χ1) is 5.93. The lowest BCUT2D eigenvalue weighted by Crippen LogP contribution is -2.33. The molecule has 68 valence electrons. The molecule has 3 aliphatic rings. The van der Waals surface area contributed by atoms with Crippen molar-refractivity contribution in [1.29, 1.82) is 0 Å². The first-order valence-electron chi connectivity index (χ1n) is 5.29. The van der Waals surface area contributed by atoms with Crippen molar-refractivity contribution in [2.75, 3.05) is 19.7 Å². The third kappa shape index (κ3) is 1.17. The Balaban J connectivity index is 1.62. The molecule has 12 heavy (non-hydrogen) atoms. The van der Waals surface area contributed by atoms with Gasteiger partial charge in [-0.1, -0.05) is 6.42 Å². The number of hydrogen-bond acceptors (Lipinski definition) is 2. The van der Waals surface area contributed by atoms with Gasteiger partial charge in [0.2, 0.25) is 0 Å². The summed E-state index contributed by atoms with van der Waals surface area (Å²) in [6, 6.07) is 0.939. The molecule has 3 atom stereocenters. The van der Waals surface area contributed by atoms with Gasteiger partial charge in [0.05, 0.1) is 12.7 Å². The van der Waals surface area contributed by atoms with Crippen LogP contribution in [0.1, 0.15) is 25.7 Å². The smallest absolute Gasteiger partial charge is 0.0936 e. The molecular weight excluding hydrogens is 150 g/mol. The van der Waals surface area contributed by atoms with Crippen molar-refractivity contribution in [2.45, 2.75) is 37.8 Å². The Bertz CT molecular complexity index is 179. The molecule has 0 amide bonds. The zero-order chi connectivity index (χ0) is 7.97. The normalized spacial score (nSPS) is 46.5. The minimum Gasteiger partial charge on any atom is -0.372 e. The average Bonchev–Trinajstić information content (AvgIpc) is 2.63. The second-order valence-corrected chi connectivity index (χ2v) is 4.50. The van der Waals surface area contributed by atoms with Gasteiger partial charge in [-0.2, -0.15) is 0 Å². The lowest BCUT2D eigenvalue weighted by molar-refractivity contribution is 0.216. The summed E-state index contributed by atoms with van der Waals surface area (Å²) in [4.78, 5) is 2.68. The quantitative estimate of drug-likeness (QED) is 0.575. The van der Waals surface area contributed by atoms with E-state index in [1.165, 1.54) is 38.8 Å². The van der Waals surface area contributed by atoms with Gasteiger partial charge in [0.25, 0.3) is 0 Å². The molecule has 0 spiro atoms. The van der Waals surface area contributed by atoms with Crippen molar-refractivity contribution in [3.8, 4) is 0 Å². The minimum absolute atomic E-state index is 0.601. The molecule has 0 N–H and O–H groups in total. The van der Waals surface area contributed by atoms with Crippen LogP contribution in [-0.4, -0.2) is 36.7 Å². The molecule has 2 nitrogen and oxygen atoms in total. The molecule has 0 aromatic heterocycles. The molecular formula is C10H17NO. The average molecular weight is 167 g/mol. The van der Waals surface area contributed by atoms with Crippen LogP contribution in [0.5, 0.6) is 0 Å². The standard InChI is InChI=1S/C10H17NO/c1-2-8-4-5-11(10(8)3-1)6-9-7-12-9/h8-10H,1-7H2/t8?,9-,10?/m0/s1. The second-order valence-electron chi connectivity index (χ2n) is 4.50. The molecule has 0 aromatic rings. The van der Waals surface area contributed by atoms with E-state index in [0.717, 1.165) is 18.6 Å². The first kappa shape index (κ1) is 7.34. The Morgan fingerprint density at radius 2 is 2.17 bits per heavy atom. The summed E-state index contributed by atoms with van der Waals surface area (Å²) < 4.78 is 5.28. The minimum atomic E-state index is 0.601. The van der Waals surface area contributed by atoms with E-state index in [-0.39, 0.29) is 0 Å². The largest absolute Gasteiger partial charge is 0.372 e. The van der Waals surface area contributed by atoms with Crippen molar-refractivity contribution in [3.63, 3.8) is 0 Å². The molecule has 2 heteroatoms. The SMILES string of the molecule is C1CC2CCN(C[C@H]3CO3)C2C1. The summed E-state index contributed by atoms with van der Waals surface area (Å²) in [5.74, 6) is 1.05. The van der Waals surface area contributed by atoms with Crippen LogP contribution in [0.2, 0.25) is 0 Å². The van der Waals surface area contributed by atoms with Crippen LogP contribution in [0.25, 0.3) is 0 Å². The monoisotopic (exact) mass is 167 g/mol. The molecule has 3 rings (SSSR count).